The van der Waals surface area contributed by atoms with Crippen molar-refractivity contribution in [1.29, 1.82) is 0 Å². The number of nitrogens with one attached hydrogen (secondary N) is 2. The van der Waals surface area contributed by atoms with Crippen molar-refractivity contribution >= 4 is 23.3 Å². The normalized spacial score (nSPS) is 15.8. The van der Waals surface area contributed by atoms with Crippen molar-refractivity contribution in [2.45, 2.75) is 25.8 Å². The summed E-state index contributed by atoms with van der Waals surface area (Å²) >= 11 is 6.40. The summed E-state index contributed by atoms with van der Waals surface area (Å²) in [5.41, 5.74) is 2.98. The first kappa shape index (κ1) is 17.8. The first-order chi connectivity index (χ1) is 12.1. The van der Waals surface area contributed by atoms with Crippen LogP contribution in [0.2, 0.25) is 5.02 Å². The highest BCUT2D eigenvalue weighted by atomic mass is 35.5. The van der Waals surface area contributed by atoms with Gasteiger partial charge in [0, 0.05) is 17.3 Å². The highest BCUT2D eigenvalue weighted by Gasteiger charge is 2.25. The number of hydrogen-bond donors (Lipinski definition) is 2. The fourth-order valence-corrected chi connectivity index (χ4v) is 3.58. The maximum Gasteiger partial charge on any atom is 0.319 e. The van der Waals surface area contributed by atoms with Gasteiger partial charge in [-0.05, 0) is 62.2 Å². The summed E-state index contributed by atoms with van der Waals surface area (Å²) in [6.45, 7) is 4.61. The van der Waals surface area contributed by atoms with Gasteiger partial charge in [-0.1, -0.05) is 41.9 Å². The van der Waals surface area contributed by atoms with E-state index in [0.29, 0.717) is 6.54 Å². The number of halogens is 1. The molecule has 0 bridgehead atoms. The smallest absolute Gasteiger partial charge is 0.319 e. The minimum Gasteiger partial charge on any atom is -0.336 e. The van der Waals surface area contributed by atoms with Gasteiger partial charge in [-0.3, -0.25) is 4.90 Å². The summed E-state index contributed by atoms with van der Waals surface area (Å²) < 4.78 is 0. The van der Waals surface area contributed by atoms with Crippen LogP contribution in [0.15, 0.2) is 48.5 Å². The van der Waals surface area contributed by atoms with E-state index in [-0.39, 0.29) is 12.1 Å². The van der Waals surface area contributed by atoms with Crippen LogP contribution in [0.5, 0.6) is 0 Å². The molecule has 2 aromatic carbocycles. The van der Waals surface area contributed by atoms with Crippen molar-refractivity contribution in [3.63, 3.8) is 0 Å². The summed E-state index contributed by atoms with van der Waals surface area (Å²) in [6.07, 6.45) is 2.38. The Morgan fingerprint density at radius 2 is 1.92 bits per heavy atom. The van der Waals surface area contributed by atoms with E-state index in [0.717, 1.165) is 34.9 Å². The number of amides is 2. The average Bonchev–Trinajstić information content (AvgIpc) is 3.11. The summed E-state index contributed by atoms with van der Waals surface area (Å²) in [7, 11) is 0. The lowest BCUT2D eigenvalue weighted by Gasteiger charge is -2.29. The van der Waals surface area contributed by atoms with Crippen LogP contribution >= 0.6 is 11.6 Å². The molecule has 4 nitrogen and oxygen atoms in total. The van der Waals surface area contributed by atoms with Gasteiger partial charge in [0.25, 0.3) is 0 Å². The van der Waals surface area contributed by atoms with E-state index in [2.05, 4.69) is 15.5 Å². The molecule has 2 aromatic rings. The van der Waals surface area contributed by atoms with Crippen LogP contribution in [0.1, 0.15) is 30.0 Å². The molecule has 1 heterocycles. The van der Waals surface area contributed by atoms with Gasteiger partial charge >= 0.3 is 6.03 Å². The maximum absolute atomic E-state index is 12.3. The Morgan fingerprint density at radius 3 is 2.64 bits per heavy atom. The fraction of sp³-hybridized carbons (Fsp3) is 0.350. The SMILES string of the molecule is Cc1cccc(NC(=O)NC[C@H](c2ccccc2Cl)N2CCCC2)c1. The van der Waals surface area contributed by atoms with Crippen LogP contribution < -0.4 is 10.6 Å². The van der Waals surface area contributed by atoms with Crippen LogP contribution in [-0.2, 0) is 0 Å². The molecule has 1 atom stereocenters. The summed E-state index contributed by atoms with van der Waals surface area (Å²) in [4.78, 5) is 14.7. The van der Waals surface area contributed by atoms with E-state index in [1.807, 2.05) is 55.5 Å². The number of benzene rings is 2. The van der Waals surface area contributed by atoms with Gasteiger partial charge in [0.2, 0.25) is 0 Å². The van der Waals surface area contributed by atoms with Gasteiger partial charge in [0.1, 0.15) is 0 Å². The van der Waals surface area contributed by atoms with Crippen molar-refractivity contribution in [1.82, 2.24) is 10.2 Å². The van der Waals surface area contributed by atoms with Crippen LogP contribution in [0.25, 0.3) is 0 Å². The van der Waals surface area contributed by atoms with Crippen LogP contribution in [-0.4, -0.2) is 30.6 Å². The third-order valence-corrected chi connectivity index (χ3v) is 4.92. The van der Waals surface area contributed by atoms with Crippen molar-refractivity contribution in [3.8, 4) is 0 Å². The Balaban J connectivity index is 1.66. The molecule has 0 spiro atoms. The molecule has 1 aliphatic rings. The number of aryl methyl sites for hydroxylation is 1. The van der Waals surface area contributed by atoms with Crippen LogP contribution in [0.4, 0.5) is 10.5 Å². The number of rotatable bonds is 5. The maximum atomic E-state index is 12.3. The molecule has 1 saturated heterocycles. The van der Waals surface area contributed by atoms with E-state index >= 15 is 0 Å². The number of likely N-dealkylation sites (tertiary alicyclic amines) is 1. The molecule has 3 rings (SSSR count). The second kappa shape index (κ2) is 8.37. The molecule has 0 saturated carbocycles. The second-order valence-corrected chi connectivity index (χ2v) is 6.89. The topological polar surface area (TPSA) is 44.4 Å². The predicted molar refractivity (Wildman–Crippen MR) is 103 cm³/mol. The standard InChI is InChI=1S/C20H24ClN3O/c1-15-7-6-8-16(13-15)23-20(25)22-14-19(24-11-4-5-12-24)17-9-2-3-10-18(17)21/h2-3,6-10,13,19H,4-5,11-12,14H2,1H3,(H2,22,23,25)/t19-/m1/s1. The Labute approximate surface area is 154 Å². The molecule has 132 valence electrons. The predicted octanol–water partition coefficient (Wildman–Crippen LogP) is 4.61. The average molecular weight is 358 g/mol. The van der Waals surface area contributed by atoms with Crippen molar-refractivity contribution in [2.24, 2.45) is 0 Å². The minimum absolute atomic E-state index is 0.0967. The zero-order chi connectivity index (χ0) is 17.6. The quantitative estimate of drug-likeness (QED) is 0.820. The van der Waals surface area contributed by atoms with E-state index in [1.54, 1.807) is 0 Å². The lowest BCUT2D eigenvalue weighted by atomic mass is 10.1. The highest BCUT2D eigenvalue weighted by Crippen LogP contribution is 2.29. The molecule has 1 fully saturated rings. The van der Waals surface area contributed by atoms with Crippen molar-refractivity contribution in [2.75, 3.05) is 25.0 Å². The molecular formula is C20H24ClN3O. The van der Waals surface area contributed by atoms with Gasteiger partial charge in [-0.2, -0.15) is 0 Å². The number of urea groups is 1. The molecule has 5 heteroatoms. The number of carbonyl (C=O) groups excluding carboxylic acids is 1. The lowest BCUT2D eigenvalue weighted by Crippen LogP contribution is -2.38. The monoisotopic (exact) mass is 357 g/mol. The zero-order valence-electron chi connectivity index (χ0n) is 14.5. The second-order valence-electron chi connectivity index (χ2n) is 6.48. The summed E-state index contributed by atoms with van der Waals surface area (Å²) in [5, 5.41) is 6.65. The Bertz CT molecular complexity index is 728. The van der Waals surface area contributed by atoms with E-state index in [4.69, 9.17) is 11.6 Å². The largest absolute Gasteiger partial charge is 0.336 e. The van der Waals surface area contributed by atoms with E-state index in [1.165, 1.54) is 12.8 Å². The van der Waals surface area contributed by atoms with Gasteiger partial charge in [0.05, 0.1) is 6.04 Å². The molecule has 1 aliphatic heterocycles. The summed E-state index contributed by atoms with van der Waals surface area (Å²) in [5.74, 6) is 0. The van der Waals surface area contributed by atoms with E-state index < -0.39 is 0 Å². The van der Waals surface area contributed by atoms with E-state index in [9.17, 15) is 4.79 Å². The molecule has 2 N–H and O–H groups in total. The Morgan fingerprint density at radius 1 is 1.16 bits per heavy atom. The minimum atomic E-state index is -0.193. The molecule has 0 unspecified atom stereocenters. The van der Waals surface area contributed by atoms with Crippen molar-refractivity contribution < 1.29 is 4.79 Å². The number of nitrogens with zero attached hydrogens (tertiary/aromatic N) is 1. The molecule has 0 aliphatic carbocycles. The lowest BCUT2D eigenvalue weighted by molar-refractivity contribution is 0.227. The van der Waals surface area contributed by atoms with Crippen LogP contribution in [0, 0.1) is 6.92 Å². The first-order valence-electron chi connectivity index (χ1n) is 8.73. The number of anilines is 1. The first-order valence-corrected chi connectivity index (χ1v) is 9.11. The summed E-state index contributed by atoms with van der Waals surface area (Å²) in [6, 6.07) is 15.6. The van der Waals surface area contributed by atoms with Crippen molar-refractivity contribution in [3.05, 3.63) is 64.7 Å². The third kappa shape index (κ3) is 4.74. The Hall–Kier alpha value is -2.04. The van der Waals surface area contributed by atoms with Crippen LogP contribution in [0.3, 0.4) is 0 Å². The molecule has 2 amide bonds. The number of hydrogen-bond acceptors (Lipinski definition) is 2. The molecular weight excluding hydrogens is 334 g/mol. The fourth-order valence-electron chi connectivity index (χ4n) is 3.32. The molecule has 0 radical (unpaired) electrons. The zero-order valence-corrected chi connectivity index (χ0v) is 15.2. The van der Waals surface area contributed by atoms with Gasteiger partial charge < -0.3 is 10.6 Å². The molecule has 0 aromatic heterocycles. The molecule has 25 heavy (non-hydrogen) atoms. The Kier molecular flexibility index (Phi) is 5.95. The van der Waals surface area contributed by atoms with Gasteiger partial charge in [0.15, 0.2) is 0 Å². The van der Waals surface area contributed by atoms with Gasteiger partial charge in [-0.15, -0.1) is 0 Å². The highest BCUT2D eigenvalue weighted by molar-refractivity contribution is 6.31. The van der Waals surface area contributed by atoms with Gasteiger partial charge in [-0.25, -0.2) is 4.79 Å². The third-order valence-electron chi connectivity index (χ3n) is 4.58. The number of carbonyl (C=O) groups is 1.